The van der Waals surface area contributed by atoms with Gasteiger partial charge in [-0.1, -0.05) is 66.7 Å². The van der Waals surface area contributed by atoms with Gasteiger partial charge in [0.15, 0.2) is 0 Å². The summed E-state index contributed by atoms with van der Waals surface area (Å²) >= 11 is 0. The van der Waals surface area contributed by atoms with Gasteiger partial charge in [0.05, 0.1) is 6.04 Å². The van der Waals surface area contributed by atoms with Gasteiger partial charge in [-0.05, 0) is 54.1 Å². The van der Waals surface area contributed by atoms with E-state index < -0.39 is 0 Å². The molecule has 0 spiro atoms. The van der Waals surface area contributed by atoms with Crippen LogP contribution in [0.25, 0.3) is 21.9 Å². The van der Waals surface area contributed by atoms with Crippen molar-refractivity contribution < 1.29 is 4.79 Å². The van der Waals surface area contributed by atoms with Gasteiger partial charge in [-0.3, -0.25) is 9.69 Å². The molecule has 1 atom stereocenters. The number of nitrogens with one attached hydrogen (secondary N) is 1. The minimum atomic E-state index is -0.00263. The Morgan fingerprint density at radius 3 is 2.39 bits per heavy atom. The van der Waals surface area contributed by atoms with Gasteiger partial charge in [0.25, 0.3) is 5.91 Å². The highest BCUT2D eigenvalue weighted by molar-refractivity contribution is 6.10. The minimum Gasteiger partial charge on any atom is -0.315 e. The molecule has 0 bridgehead atoms. The molecule has 4 nitrogen and oxygen atoms in total. The van der Waals surface area contributed by atoms with Gasteiger partial charge in [0, 0.05) is 23.7 Å². The molecular weight excluding hydrogens is 382 g/mol. The lowest BCUT2D eigenvalue weighted by Gasteiger charge is -2.34. The molecule has 1 fully saturated rings. The Labute approximate surface area is 182 Å². The number of amides is 1. The number of nitrogens with zero attached hydrogens (tertiary/aromatic N) is 2. The molecule has 0 unspecified atom stereocenters. The zero-order chi connectivity index (χ0) is 21.0. The monoisotopic (exact) mass is 407 g/mol. The maximum atomic E-state index is 13.8. The lowest BCUT2D eigenvalue weighted by Crippen LogP contribution is -2.49. The lowest BCUT2D eigenvalue weighted by molar-refractivity contribution is 0.0972. The topological polar surface area (TPSA) is 45.2 Å². The fraction of sp³-hybridized carbons (Fsp3) is 0.185. The van der Waals surface area contributed by atoms with Crippen LogP contribution in [0.15, 0.2) is 91.1 Å². The van der Waals surface area contributed by atoms with E-state index in [4.69, 9.17) is 0 Å². The second-order valence-electron chi connectivity index (χ2n) is 7.97. The van der Waals surface area contributed by atoms with E-state index in [0.29, 0.717) is 5.56 Å². The number of carbonyl (C=O) groups is 1. The van der Waals surface area contributed by atoms with Crippen LogP contribution in [-0.2, 0) is 0 Å². The van der Waals surface area contributed by atoms with E-state index in [2.05, 4.69) is 28.5 Å². The van der Waals surface area contributed by atoms with E-state index in [1.54, 1.807) is 6.20 Å². The summed E-state index contributed by atoms with van der Waals surface area (Å²) in [5.74, 6) is 0.737. The largest absolute Gasteiger partial charge is 0.315 e. The number of carbonyl (C=O) groups excluding carboxylic acids is 1. The Hall–Kier alpha value is -3.50. The molecule has 1 aliphatic heterocycles. The summed E-state index contributed by atoms with van der Waals surface area (Å²) in [7, 11) is 0. The zero-order valence-corrected chi connectivity index (χ0v) is 17.4. The molecule has 0 saturated carbocycles. The molecular formula is C27H25N3O. The van der Waals surface area contributed by atoms with Crippen molar-refractivity contribution in [3.8, 4) is 11.1 Å². The Balaban J connectivity index is 1.54. The molecule has 0 radical (unpaired) electrons. The summed E-state index contributed by atoms with van der Waals surface area (Å²) in [5.41, 5.74) is 2.93. The first-order chi connectivity index (χ1) is 15.3. The first kappa shape index (κ1) is 19.5. The fourth-order valence-electron chi connectivity index (χ4n) is 4.36. The first-order valence-corrected chi connectivity index (χ1v) is 10.8. The van der Waals surface area contributed by atoms with E-state index >= 15 is 0 Å². The predicted molar refractivity (Wildman–Crippen MR) is 126 cm³/mol. The number of fused-ring (bicyclic) bond motifs is 1. The predicted octanol–water partition coefficient (Wildman–Crippen LogP) is 5.30. The van der Waals surface area contributed by atoms with Crippen LogP contribution in [0.4, 0.5) is 5.82 Å². The molecule has 4 heteroatoms. The number of anilines is 1. The summed E-state index contributed by atoms with van der Waals surface area (Å²) in [4.78, 5) is 20.4. The maximum Gasteiger partial charge on any atom is 0.259 e. The molecule has 1 aliphatic rings. The van der Waals surface area contributed by atoms with Crippen molar-refractivity contribution in [3.63, 3.8) is 0 Å². The van der Waals surface area contributed by atoms with Crippen molar-refractivity contribution in [2.75, 3.05) is 18.0 Å². The van der Waals surface area contributed by atoms with E-state index in [9.17, 15) is 4.79 Å². The lowest BCUT2D eigenvalue weighted by atomic mass is 10.0. The Morgan fingerprint density at radius 1 is 0.871 bits per heavy atom. The summed E-state index contributed by atoms with van der Waals surface area (Å²) in [5, 5.41) is 5.54. The third-order valence-corrected chi connectivity index (χ3v) is 5.97. The molecule has 5 rings (SSSR count). The molecule has 4 aromatic rings. The van der Waals surface area contributed by atoms with Crippen molar-refractivity contribution >= 4 is 22.5 Å². The number of aromatic nitrogens is 1. The Kier molecular flexibility index (Phi) is 5.46. The van der Waals surface area contributed by atoms with Crippen LogP contribution in [-0.4, -0.2) is 30.0 Å². The van der Waals surface area contributed by atoms with Crippen LogP contribution in [0.5, 0.6) is 0 Å². The van der Waals surface area contributed by atoms with E-state index in [-0.39, 0.29) is 11.9 Å². The van der Waals surface area contributed by atoms with Gasteiger partial charge in [-0.2, -0.15) is 0 Å². The number of piperidine rings is 1. The number of pyridine rings is 1. The quantitative estimate of drug-likeness (QED) is 0.499. The first-order valence-electron chi connectivity index (χ1n) is 10.8. The number of hydrogen-bond acceptors (Lipinski definition) is 3. The molecule has 1 aromatic heterocycles. The van der Waals surface area contributed by atoms with Crippen molar-refractivity contribution in [3.05, 3.63) is 96.7 Å². The van der Waals surface area contributed by atoms with E-state index in [0.717, 1.165) is 53.6 Å². The SMILES string of the molecule is O=C(c1ccc(-c2ccccc2)cc1)N(c1nccc2ccccc12)[C@@H]1CCCNC1. The van der Waals surface area contributed by atoms with Crippen molar-refractivity contribution in [2.24, 2.45) is 0 Å². The Bertz CT molecular complexity index is 1180. The molecule has 3 aromatic carbocycles. The average molecular weight is 408 g/mol. The number of hydrogen-bond donors (Lipinski definition) is 1. The highest BCUT2D eigenvalue weighted by Gasteiger charge is 2.29. The normalized spacial score (nSPS) is 16.2. The third kappa shape index (κ3) is 3.94. The second kappa shape index (κ2) is 8.70. The minimum absolute atomic E-state index is 0.00263. The number of rotatable bonds is 4. The molecule has 1 amide bonds. The van der Waals surface area contributed by atoms with E-state index in [1.165, 1.54) is 0 Å². The van der Waals surface area contributed by atoms with Crippen molar-refractivity contribution in [1.82, 2.24) is 10.3 Å². The fourth-order valence-corrected chi connectivity index (χ4v) is 4.36. The average Bonchev–Trinajstić information content (AvgIpc) is 2.86. The maximum absolute atomic E-state index is 13.8. The summed E-state index contributed by atoms with van der Waals surface area (Å²) < 4.78 is 0. The van der Waals surface area contributed by atoms with Crippen LogP contribution in [0.2, 0.25) is 0 Å². The van der Waals surface area contributed by atoms with Crippen LogP contribution in [0.1, 0.15) is 23.2 Å². The summed E-state index contributed by atoms with van der Waals surface area (Å²) in [6.07, 6.45) is 3.81. The highest BCUT2D eigenvalue weighted by Crippen LogP contribution is 2.29. The smallest absolute Gasteiger partial charge is 0.259 e. The van der Waals surface area contributed by atoms with Crippen LogP contribution < -0.4 is 10.2 Å². The molecule has 2 heterocycles. The van der Waals surface area contributed by atoms with Crippen LogP contribution in [0, 0.1) is 0 Å². The Morgan fingerprint density at radius 2 is 1.61 bits per heavy atom. The summed E-state index contributed by atoms with van der Waals surface area (Å²) in [6.45, 7) is 1.77. The zero-order valence-electron chi connectivity index (χ0n) is 17.4. The molecule has 154 valence electrons. The molecule has 1 saturated heterocycles. The van der Waals surface area contributed by atoms with Gasteiger partial charge < -0.3 is 5.32 Å². The highest BCUT2D eigenvalue weighted by atomic mass is 16.2. The molecule has 0 aliphatic carbocycles. The summed E-state index contributed by atoms with van der Waals surface area (Å²) in [6, 6.07) is 28.3. The number of benzene rings is 3. The van der Waals surface area contributed by atoms with Crippen molar-refractivity contribution in [2.45, 2.75) is 18.9 Å². The van der Waals surface area contributed by atoms with Gasteiger partial charge >= 0.3 is 0 Å². The van der Waals surface area contributed by atoms with E-state index in [1.807, 2.05) is 71.6 Å². The van der Waals surface area contributed by atoms with Gasteiger partial charge in [0.2, 0.25) is 0 Å². The van der Waals surface area contributed by atoms with Crippen LogP contribution in [0.3, 0.4) is 0 Å². The van der Waals surface area contributed by atoms with Gasteiger partial charge in [-0.15, -0.1) is 0 Å². The van der Waals surface area contributed by atoms with Crippen LogP contribution >= 0.6 is 0 Å². The molecule has 31 heavy (non-hydrogen) atoms. The second-order valence-corrected chi connectivity index (χ2v) is 7.97. The van der Waals surface area contributed by atoms with Gasteiger partial charge in [-0.25, -0.2) is 4.98 Å². The third-order valence-electron chi connectivity index (χ3n) is 5.97. The van der Waals surface area contributed by atoms with Crippen molar-refractivity contribution in [1.29, 1.82) is 0 Å². The van der Waals surface area contributed by atoms with Gasteiger partial charge in [0.1, 0.15) is 5.82 Å². The standard InChI is InChI=1S/C27H25N3O/c31-27(23-14-12-21(13-15-23)20-7-2-1-3-8-20)30(24-10-6-17-28-19-24)26-25-11-5-4-9-22(25)16-18-29-26/h1-5,7-9,11-16,18,24,28H,6,10,17,19H2/t24-/m1/s1. The molecule has 1 N–H and O–H groups in total.